The zero-order valence-corrected chi connectivity index (χ0v) is 15.1. The van der Waals surface area contributed by atoms with E-state index in [1.807, 2.05) is 54.6 Å². The second-order valence-corrected chi connectivity index (χ2v) is 6.72. The number of amides is 1. The maximum atomic E-state index is 12.3. The van der Waals surface area contributed by atoms with Gasteiger partial charge in [-0.1, -0.05) is 46.3 Å². The molecule has 6 heteroatoms. The molecule has 24 heavy (non-hydrogen) atoms. The molecule has 1 atom stereocenters. The largest absolute Gasteiger partial charge is 0.326 e. The van der Waals surface area contributed by atoms with Crippen LogP contribution >= 0.6 is 15.9 Å². The molecular formula is C18H18BrN3O2. The fraction of sp³-hybridized carbons (Fsp3) is 0.222. The Labute approximate surface area is 149 Å². The van der Waals surface area contributed by atoms with Crippen LogP contribution in [0.2, 0.25) is 0 Å². The molecule has 1 aliphatic heterocycles. The number of rotatable bonds is 4. The molecule has 0 saturated carbocycles. The Morgan fingerprint density at radius 3 is 2.71 bits per heavy atom. The van der Waals surface area contributed by atoms with Crippen molar-refractivity contribution >= 4 is 33.4 Å². The summed E-state index contributed by atoms with van der Waals surface area (Å²) in [6, 6.07) is 17.2. The molecule has 124 valence electrons. The average molecular weight is 388 g/mol. The highest BCUT2D eigenvalue weighted by molar-refractivity contribution is 9.10. The molecule has 0 spiro atoms. The summed E-state index contributed by atoms with van der Waals surface area (Å²) in [6.07, 6.45) is 0.129. The number of anilines is 1. The molecule has 0 bridgehead atoms. The van der Waals surface area contributed by atoms with E-state index in [1.165, 1.54) is 0 Å². The number of carbonyl (C=O) groups excluding carboxylic acids is 1. The molecule has 5 nitrogen and oxygen atoms in total. The van der Waals surface area contributed by atoms with Crippen molar-refractivity contribution in [2.75, 3.05) is 12.4 Å². The summed E-state index contributed by atoms with van der Waals surface area (Å²) in [5, 5.41) is 4.47. The van der Waals surface area contributed by atoms with Gasteiger partial charge in [0.1, 0.15) is 0 Å². The molecule has 0 fully saturated rings. The number of aliphatic imine (C=N–C) groups is 1. The predicted molar refractivity (Wildman–Crippen MR) is 97.6 cm³/mol. The first-order chi connectivity index (χ1) is 11.5. The van der Waals surface area contributed by atoms with Gasteiger partial charge in [0.2, 0.25) is 5.91 Å². The number of carbonyl (C=O) groups is 1. The van der Waals surface area contributed by atoms with Gasteiger partial charge in [0.25, 0.3) is 0 Å². The van der Waals surface area contributed by atoms with E-state index in [4.69, 9.17) is 4.84 Å². The number of benzene rings is 2. The van der Waals surface area contributed by atoms with Crippen molar-refractivity contribution in [3.8, 4) is 0 Å². The highest BCUT2D eigenvalue weighted by atomic mass is 79.9. The van der Waals surface area contributed by atoms with Crippen LogP contribution in [0.5, 0.6) is 0 Å². The van der Waals surface area contributed by atoms with Crippen molar-refractivity contribution in [3.63, 3.8) is 0 Å². The first-order valence-electron chi connectivity index (χ1n) is 7.59. The number of amidine groups is 1. The van der Waals surface area contributed by atoms with Crippen molar-refractivity contribution in [2.45, 2.75) is 19.1 Å². The first-order valence-corrected chi connectivity index (χ1v) is 8.38. The topological polar surface area (TPSA) is 53.9 Å². The first kappa shape index (κ1) is 16.7. The summed E-state index contributed by atoms with van der Waals surface area (Å²) < 4.78 is 0.964. The average Bonchev–Trinajstić information content (AvgIpc) is 2.82. The van der Waals surface area contributed by atoms with Crippen LogP contribution in [0.25, 0.3) is 0 Å². The number of nitrogens with zero attached hydrogens (tertiary/aromatic N) is 2. The zero-order valence-electron chi connectivity index (χ0n) is 13.5. The third-order valence-electron chi connectivity index (χ3n) is 3.60. The Kier molecular flexibility index (Phi) is 4.69. The van der Waals surface area contributed by atoms with Gasteiger partial charge >= 0.3 is 0 Å². The van der Waals surface area contributed by atoms with Gasteiger partial charge in [0.15, 0.2) is 11.6 Å². The molecule has 1 heterocycles. The number of hydroxylamine groups is 2. The van der Waals surface area contributed by atoms with E-state index in [0.717, 1.165) is 15.7 Å². The minimum absolute atomic E-state index is 0.129. The summed E-state index contributed by atoms with van der Waals surface area (Å²) in [4.78, 5) is 22.7. The van der Waals surface area contributed by atoms with Gasteiger partial charge in [0, 0.05) is 22.8 Å². The smallest absolute Gasteiger partial charge is 0.229 e. The zero-order chi connectivity index (χ0) is 17.2. The third kappa shape index (κ3) is 3.83. The molecule has 0 saturated heterocycles. The second kappa shape index (κ2) is 6.75. The Morgan fingerprint density at radius 2 is 2.00 bits per heavy atom. The van der Waals surface area contributed by atoms with Gasteiger partial charge in [-0.05, 0) is 31.2 Å². The lowest BCUT2D eigenvalue weighted by Gasteiger charge is -2.21. The van der Waals surface area contributed by atoms with Crippen molar-refractivity contribution < 1.29 is 9.63 Å². The molecule has 3 rings (SSSR count). The maximum absolute atomic E-state index is 12.3. The van der Waals surface area contributed by atoms with Gasteiger partial charge in [-0.15, -0.1) is 0 Å². The van der Waals surface area contributed by atoms with E-state index in [2.05, 4.69) is 26.2 Å². The van der Waals surface area contributed by atoms with Crippen LogP contribution in [0.4, 0.5) is 5.69 Å². The Morgan fingerprint density at radius 1 is 1.25 bits per heavy atom. The van der Waals surface area contributed by atoms with E-state index in [1.54, 1.807) is 19.0 Å². The van der Waals surface area contributed by atoms with Gasteiger partial charge in [-0.25, -0.2) is 14.9 Å². The molecule has 1 unspecified atom stereocenters. The van der Waals surface area contributed by atoms with E-state index >= 15 is 0 Å². The number of hydrogen-bond donors (Lipinski definition) is 1. The van der Waals surface area contributed by atoms with Crippen LogP contribution in [0, 0.1) is 0 Å². The van der Waals surface area contributed by atoms with Crippen molar-refractivity contribution in [1.29, 1.82) is 0 Å². The molecule has 2 aromatic rings. The Balaban J connectivity index is 1.74. The standard InChI is InChI=1S/C18H18BrN3O2/c1-18(12-16(23)20-15-9-4-3-5-10-15)21-17(22(2)24-18)13-7-6-8-14(19)11-13/h3-11H,12H2,1-2H3,(H,20,23). The van der Waals surface area contributed by atoms with E-state index < -0.39 is 5.72 Å². The Bertz CT molecular complexity index is 779. The number of para-hydroxylation sites is 1. The third-order valence-corrected chi connectivity index (χ3v) is 4.10. The van der Waals surface area contributed by atoms with Crippen LogP contribution in [-0.2, 0) is 9.63 Å². The molecule has 0 aliphatic carbocycles. The van der Waals surface area contributed by atoms with Gasteiger partial charge in [-0.3, -0.25) is 4.79 Å². The second-order valence-electron chi connectivity index (χ2n) is 5.80. The lowest BCUT2D eigenvalue weighted by Crippen LogP contribution is -2.32. The highest BCUT2D eigenvalue weighted by Crippen LogP contribution is 2.29. The number of nitrogens with one attached hydrogen (secondary N) is 1. The van der Waals surface area contributed by atoms with Crippen LogP contribution in [0.15, 0.2) is 64.1 Å². The Hall–Kier alpha value is -2.18. The summed E-state index contributed by atoms with van der Waals surface area (Å²) in [5.74, 6) is 0.558. The molecule has 2 aromatic carbocycles. The number of halogens is 1. The van der Waals surface area contributed by atoms with Crippen LogP contribution < -0.4 is 5.32 Å². The van der Waals surface area contributed by atoms with Crippen molar-refractivity contribution in [2.24, 2.45) is 4.99 Å². The number of hydrogen-bond acceptors (Lipinski definition) is 4. The normalized spacial score (nSPS) is 20.0. The van der Waals surface area contributed by atoms with Crippen LogP contribution in [0.3, 0.4) is 0 Å². The summed E-state index contributed by atoms with van der Waals surface area (Å²) in [5.41, 5.74) is 0.762. The van der Waals surface area contributed by atoms with E-state index in [9.17, 15) is 4.79 Å². The fourth-order valence-corrected chi connectivity index (χ4v) is 3.02. The maximum Gasteiger partial charge on any atom is 0.229 e. The summed E-state index contributed by atoms with van der Waals surface area (Å²) in [7, 11) is 1.79. The summed E-state index contributed by atoms with van der Waals surface area (Å²) >= 11 is 3.46. The monoisotopic (exact) mass is 387 g/mol. The highest BCUT2D eigenvalue weighted by Gasteiger charge is 2.37. The quantitative estimate of drug-likeness (QED) is 0.867. The minimum atomic E-state index is -0.925. The molecule has 1 N–H and O–H groups in total. The van der Waals surface area contributed by atoms with Gasteiger partial charge in [0.05, 0.1) is 6.42 Å². The van der Waals surface area contributed by atoms with Crippen LogP contribution in [0.1, 0.15) is 18.9 Å². The molecule has 0 radical (unpaired) electrons. The molecule has 1 aliphatic rings. The lowest BCUT2D eigenvalue weighted by molar-refractivity contribution is -0.164. The molecule has 1 amide bonds. The van der Waals surface area contributed by atoms with Crippen molar-refractivity contribution in [1.82, 2.24) is 5.06 Å². The lowest BCUT2D eigenvalue weighted by atomic mass is 10.1. The van der Waals surface area contributed by atoms with E-state index in [-0.39, 0.29) is 12.3 Å². The predicted octanol–water partition coefficient (Wildman–Crippen LogP) is 3.82. The van der Waals surface area contributed by atoms with Crippen LogP contribution in [-0.4, -0.2) is 29.6 Å². The molecule has 0 aromatic heterocycles. The molecular weight excluding hydrogens is 370 g/mol. The SMILES string of the molecule is CN1OC(C)(CC(=O)Nc2ccccc2)N=C1c1cccc(Br)c1. The summed E-state index contributed by atoms with van der Waals surface area (Å²) in [6.45, 7) is 1.80. The van der Waals surface area contributed by atoms with Crippen molar-refractivity contribution in [3.05, 3.63) is 64.6 Å². The van der Waals surface area contributed by atoms with Gasteiger partial charge in [-0.2, -0.15) is 0 Å². The minimum Gasteiger partial charge on any atom is -0.326 e. The van der Waals surface area contributed by atoms with E-state index in [0.29, 0.717) is 5.84 Å². The fourth-order valence-electron chi connectivity index (χ4n) is 2.62. The van der Waals surface area contributed by atoms with Gasteiger partial charge < -0.3 is 5.32 Å².